The molecule has 0 saturated heterocycles. The van der Waals surface area contributed by atoms with Crippen LogP contribution < -0.4 is 5.32 Å². The molecule has 1 amide bonds. The van der Waals surface area contributed by atoms with Crippen molar-refractivity contribution >= 4 is 17.5 Å². The summed E-state index contributed by atoms with van der Waals surface area (Å²) in [5.74, 6) is -0.693. The molecule has 0 bridgehead atoms. The summed E-state index contributed by atoms with van der Waals surface area (Å²) >= 11 is 6.30. The van der Waals surface area contributed by atoms with Crippen molar-refractivity contribution in [2.24, 2.45) is 0 Å². The number of carbonyl (C=O) groups excluding carboxylic acids is 1. The maximum absolute atomic E-state index is 13.2. The van der Waals surface area contributed by atoms with Gasteiger partial charge in [0.2, 0.25) is 0 Å². The summed E-state index contributed by atoms with van der Waals surface area (Å²) in [6.45, 7) is 0. The fraction of sp³-hybridized carbons (Fsp3) is 0.350. The van der Waals surface area contributed by atoms with Crippen LogP contribution in [0.15, 0.2) is 48.5 Å². The minimum absolute atomic E-state index is 0.000510. The van der Waals surface area contributed by atoms with Crippen molar-refractivity contribution in [3.8, 4) is 0 Å². The van der Waals surface area contributed by atoms with Gasteiger partial charge in [-0.25, -0.2) is 0 Å². The number of amides is 1. The van der Waals surface area contributed by atoms with E-state index in [4.69, 9.17) is 11.6 Å². The zero-order valence-electron chi connectivity index (χ0n) is 14.0. The molecule has 1 aliphatic rings. The van der Waals surface area contributed by atoms with Gasteiger partial charge in [0.15, 0.2) is 0 Å². The van der Waals surface area contributed by atoms with Gasteiger partial charge in [0.1, 0.15) is 0 Å². The van der Waals surface area contributed by atoms with E-state index >= 15 is 0 Å². The Bertz CT molecular complexity index is 791. The molecule has 0 aliphatic heterocycles. The van der Waals surface area contributed by atoms with E-state index in [1.807, 2.05) is 18.2 Å². The highest BCUT2D eigenvalue weighted by Gasteiger charge is 2.36. The lowest BCUT2D eigenvalue weighted by molar-refractivity contribution is -0.137. The van der Waals surface area contributed by atoms with Crippen molar-refractivity contribution in [1.29, 1.82) is 0 Å². The Morgan fingerprint density at radius 1 is 1.00 bits per heavy atom. The van der Waals surface area contributed by atoms with E-state index < -0.39 is 17.6 Å². The van der Waals surface area contributed by atoms with Crippen LogP contribution in [0.2, 0.25) is 5.02 Å². The maximum Gasteiger partial charge on any atom is 0.417 e. The molecule has 1 N–H and O–H groups in total. The number of alkyl halides is 3. The molecule has 2 aromatic rings. The van der Waals surface area contributed by atoms with Crippen molar-refractivity contribution in [2.75, 3.05) is 0 Å². The Hall–Kier alpha value is -2.01. The highest BCUT2D eigenvalue weighted by atomic mass is 35.5. The molecule has 3 rings (SSSR count). The van der Waals surface area contributed by atoms with Crippen LogP contribution in [0.3, 0.4) is 0 Å². The van der Waals surface area contributed by atoms with Gasteiger partial charge in [-0.2, -0.15) is 13.2 Å². The van der Waals surface area contributed by atoms with Gasteiger partial charge in [0, 0.05) is 17.0 Å². The average Bonchev–Trinajstić information content (AvgIpc) is 2.62. The molecule has 2 atom stereocenters. The van der Waals surface area contributed by atoms with Gasteiger partial charge in [-0.15, -0.1) is 0 Å². The highest BCUT2D eigenvalue weighted by Crippen LogP contribution is 2.37. The molecule has 0 spiro atoms. The number of carbonyl (C=O) groups is 1. The summed E-state index contributed by atoms with van der Waals surface area (Å²) in [5.41, 5.74) is -0.325. The largest absolute Gasteiger partial charge is 0.417 e. The third-order valence-corrected chi connectivity index (χ3v) is 5.21. The van der Waals surface area contributed by atoms with Crippen LogP contribution in [0.25, 0.3) is 0 Å². The van der Waals surface area contributed by atoms with Gasteiger partial charge in [0.05, 0.1) is 11.1 Å². The van der Waals surface area contributed by atoms with E-state index in [9.17, 15) is 18.0 Å². The fourth-order valence-electron chi connectivity index (χ4n) is 3.63. The van der Waals surface area contributed by atoms with Gasteiger partial charge >= 0.3 is 6.18 Å². The van der Waals surface area contributed by atoms with Crippen LogP contribution in [0, 0.1) is 0 Å². The molecule has 0 radical (unpaired) electrons. The predicted octanol–water partition coefficient (Wildman–Crippen LogP) is 5.82. The average molecular weight is 382 g/mol. The van der Waals surface area contributed by atoms with Gasteiger partial charge in [0.25, 0.3) is 5.91 Å². The Morgan fingerprint density at radius 3 is 2.38 bits per heavy atom. The molecule has 0 heterocycles. The van der Waals surface area contributed by atoms with Crippen molar-refractivity contribution < 1.29 is 18.0 Å². The standard InChI is InChI=1S/C20H19ClF3NO/c21-17-11-5-2-7-13(17)14-8-3-6-12-18(14)25-19(26)15-9-1-4-10-16(15)20(22,23)24/h1-2,4-5,7,9-11,14,18H,3,6,8,12H2,(H,25,26)/t14-,18+/m1/s1. The second-order valence-electron chi connectivity index (χ2n) is 6.54. The Kier molecular flexibility index (Phi) is 5.56. The minimum Gasteiger partial charge on any atom is -0.349 e. The highest BCUT2D eigenvalue weighted by molar-refractivity contribution is 6.31. The summed E-state index contributed by atoms with van der Waals surface area (Å²) in [7, 11) is 0. The monoisotopic (exact) mass is 381 g/mol. The lowest BCUT2D eigenvalue weighted by atomic mass is 9.80. The number of rotatable bonds is 3. The van der Waals surface area contributed by atoms with E-state index in [1.165, 1.54) is 18.2 Å². The summed E-state index contributed by atoms with van der Waals surface area (Å²) in [4.78, 5) is 12.6. The predicted molar refractivity (Wildman–Crippen MR) is 95.4 cm³/mol. The maximum atomic E-state index is 13.2. The molecule has 26 heavy (non-hydrogen) atoms. The topological polar surface area (TPSA) is 29.1 Å². The molecule has 1 saturated carbocycles. The minimum atomic E-state index is -4.57. The van der Waals surface area contributed by atoms with E-state index in [0.717, 1.165) is 37.3 Å². The fourth-order valence-corrected chi connectivity index (χ4v) is 3.90. The van der Waals surface area contributed by atoms with Crippen LogP contribution >= 0.6 is 11.6 Å². The molecule has 0 aromatic heterocycles. The third kappa shape index (κ3) is 4.04. The van der Waals surface area contributed by atoms with E-state index in [0.29, 0.717) is 5.02 Å². The number of nitrogens with one attached hydrogen (secondary N) is 1. The second-order valence-corrected chi connectivity index (χ2v) is 6.94. The van der Waals surface area contributed by atoms with E-state index in [-0.39, 0.29) is 17.5 Å². The first-order valence-electron chi connectivity index (χ1n) is 8.59. The smallest absolute Gasteiger partial charge is 0.349 e. The van der Waals surface area contributed by atoms with Gasteiger partial charge < -0.3 is 5.32 Å². The summed E-state index contributed by atoms with van der Waals surface area (Å²) in [6, 6.07) is 12.1. The first-order valence-corrected chi connectivity index (χ1v) is 8.97. The van der Waals surface area contributed by atoms with Gasteiger partial charge in [-0.3, -0.25) is 4.79 Å². The number of benzene rings is 2. The molecule has 2 aromatic carbocycles. The van der Waals surface area contributed by atoms with Gasteiger partial charge in [-0.1, -0.05) is 54.8 Å². The van der Waals surface area contributed by atoms with Crippen LogP contribution in [-0.2, 0) is 6.18 Å². The third-order valence-electron chi connectivity index (χ3n) is 4.86. The summed E-state index contributed by atoms with van der Waals surface area (Å²) in [5, 5.41) is 3.45. The van der Waals surface area contributed by atoms with E-state index in [1.54, 1.807) is 6.07 Å². The summed E-state index contributed by atoms with van der Waals surface area (Å²) < 4.78 is 39.6. The lowest BCUT2D eigenvalue weighted by Crippen LogP contribution is -2.41. The van der Waals surface area contributed by atoms with Gasteiger partial charge in [-0.05, 0) is 36.6 Å². The Balaban J connectivity index is 1.85. The molecular weight excluding hydrogens is 363 g/mol. The molecule has 0 unspecified atom stereocenters. The van der Waals surface area contributed by atoms with Crippen LogP contribution in [0.5, 0.6) is 0 Å². The molecule has 1 fully saturated rings. The van der Waals surface area contributed by atoms with Crippen molar-refractivity contribution in [1.82, 2.24) is 5.32 Å². The number of hydrogen-bond acceptors (Lipinski definition) is 1. The van der Waals surface area contributed by atoms with Crippen molar-refractivity contribution in [3.63, 3.8) is 0 Å². The number of halogens is 4. The van der Waals surface area contributed by atoms with Crippen LogP contribution in [-0.4, -0.2) is 11.9 Å². The number of hydrogen-bond donors (Lipinski definition) is 1. The lowest BCUT2D eigenvalue weighted by Gasteiger charge is -2.33. The molecule has 2 nitrogen and oxygen atoms in total. The molecule has 6 heteroatoms. The van der Waals surface area contributed by atoms with Crippen molar-refractivity contribution in [3.05, 3.63) is 70.2 Å². The molecule has 138 valence electrons. The SMILES string of the molecule is O=C(N[C@H]1CCCC[C@@H]1c1ccccc1Cl)c1ccccc1C(F)(F)F. The Labute approximate surface area is 155 Å². The zero-order chi connectivity index (χ0) is 18.7. The first kappa shape index (κ1) is 18.8. The molecule has 1 aliphatic carbocycles. The Morgan fingerprint density at radius 2 is 1.65 bits per heavy atom. The van der Waals surface area contributed by atoms with Crippen molar-refractivity contribution in [2.45, 2.75) is 43.8 Å². The van der Waals surface area contributed by atoms with Crippen LogP contribution in [0.1, 0.15) is 53.1 Å². The van der Waals surface area contributed by atoms with Crippen LogP contribution in [0.4, 0.5) is 13.2 Å². The quantitative estimate of drug-likeness (QED) is 0.713. The molecular formula is C20H19ClF3NO. The summed E-state index contributed by atoms with van der Waals surface area (Å²) in [6.07, 6.45) is -1.08. The van der Waals surface area contributed by atoms with E-state index in [2.05, 4.69) is 5.32 Å². The zero-order valence-corrected chi connectivity index (χ0v) is 14.8. The first-order chi connectivity index (χ1) is 12.4. The normalized spacial score (nSPS) is 20.6. The second kappa shape index (κ2) is 7.70.